The highest BCUT2D eigenvalue weighted by Gasteiger charge is 2.37. The van der Waals surface area contributed by atoms with Gasteiger partial charge in [-0.25, -0.2) is 0 Å². The van der Waals surface area contributed by atoms with Crippen LogP contribution in [0.3, 0.4) is 0 Å². The fourth-order valence-electron chi connectivity index (χ4n) is 3.48. The lowest BCUT2D eigenvalue weighted by Crippen LogP contribution is -2.01. The summed E-state index contributed by atoms with van der Waals surface area (Å²) in [6.45, 7) is 0. The van der Waals surface area contributed by atoms with Crippen molar-refractivity contribution in [3.8, 4) is 11.3 Å². The van der Waals surface area contributed by atoms with Gasteiger partial charge in [0.05, 0.1) is 5.69 Å². The number of hydrogen-bond acceptors (Lipinski definition) is 1. The lowest BCUT2D eigenvalue weighted by atomic mass is 9.95. The average Bonchev–Trinajstić information content (AvgIpc) is 3.00. The molecule has 18 heavy (non-hydrogen) atoms. The molecule has 0 spiro atoms. The van der Waals surface area contributed by atoms with E-state index in [4.69, 9.17) is 4.98 Å². The van der Waals surface area contributed by atoms with Crippen LogP contribution in [0.1, 0.15) is 42.4 Å². The van der Waals surface area contributed by atoms with Gasteiger partial charge >= 0.3 is 0 Å². The van der Waals surface area contributed by atoms with Crippen LogP contribution in [0.4, 0.5) is 0 Å². The first-order valence-corrected chi connectivity index (χ1v) is 7.37. The first kappa shape index (κ1) is 10.7. The topological polar surface area (TPSA) is 12.9 Å². The molecule has 0 saturated heterocycles. The quantitative estimate of drug-likeness (QED) is 0.731. The Balaban J connectivity index is 1.82. The van der Waals surface area contributed by atoms with Crippen LogP contribution < -0.4 is 0 Å². The number of rotatable bonds is 1. The van der Waals surface area contributed by atoms with E-state index in [1.54, 1.807) is 0 Å². The molecule has 2 unspecified atom stereocenters. The van der Waals surface area contributed by atoms with Gasteiger partial charge in [0.15, 0.2) is 0 Å². The van der Waals surface area contributed by atoms with E-state index in [-0.39, 0.29) is 0 Å². The summed E-state index contributed by atoms with van der Waals surface area (Å²) in [5, 5.41) is 0. The summed E-state index contributed by atoms with van der Waals surface area (Å²) in [7, 11) is 0. The highest BCUT2D eigenvalue weighted by atomic mass is 79.9. The highest BCUT2D eigenvalue weighted by Crippen LogP contribution is 2.52. The molecule has 1 aromatic heterocycles. The molecule has 2 aromatic rings. The van der Waals surface area contributed by atoms with Crippen molar-refractivity contribution < 1.29 is 0 Å². The molecule has 0 aliphatic heterocycles. The van der Waals surface area contributed by atoms with E-state index in [2.05, 4.69) is 52.3 Å². The molecule has 0 amide bonds. The van der Waals surface area contributed by atoms with Crippen molar-refractivity contribution in [2.45, 2.75) is 31.1 Å². The molecule has 1 nitrogen and oxygen atoms in total. The van der Waals surface area contributed by atoms with Gasteiger partial charge in [0.2, 0.25) is 0 Å². The molecule has 0 radical (unpaired) electrons. The van der Waals surface area contributed by atoms with Crippen LogP contribution in [0.2, 0.25) is 0 Å². The smallest absolute Gasteiger partial charge is 0.0706 e. The second kappa shape index (κ2) is 3.92. The highest BCUT2D eigenvalue weighted by molar-refractivity contribution is 9.10. The summed E-state index contributed by atoms with van der Waals surface area (Å²) in [5.41, 5.74) is 5.21. The van der Waals surface area contributed by atoms with Crippen molar-refractivity contribution in [1.29, 1.82) is 0 Å². The van der Waals surface area contributed by atoms with Crippen LogP contribution in [0.5, 0.6) is 0 Å². The minimum atomic E-state index is 0.733. The third-order valence-corrected chi connectivity index (χ3v) is 4.83. The van der Waals surface area contributed by atoms with E-state index in [1.807, 2.05) is 0 Å². The molecule has 2 aliphatic rings. The first-order chi connectivity index (χ1) is 8.81. The zero-order valence-corrected chi connectivity index (χ0v) is 11.7. The second-order valence-corrected chi connectivity index (χ2v) is 6.30. The van der Waals surface area contributed by atoms with E-state index in [9.17, 15) is 0 Å². The lowest BCUT2D eigenvalue weighted by Gasteiger charge is -2.15. The third kappa shape index (κ3) is 1.55. The van der Waals surface area contributed by atoms with E-state index in [0.29, 0.717) is 0 Å². The number of fused-ring (bicyclic) bond motifs is 5. The number of benzene rings is 1. The Bertz CT molecular complexity index is 620. The molecule has 2 aliphatic carbocycles. The maximum absolute atomic E-state index is 4.93. The number of hydrogen-bond donors (Lipinski definition) is 0. The van der Waals surface area contributed by atoms with Crippen molar-refractivity contribution in [2.75, 3.05) is 0 Å². The zero-order valence-electron chi connectivity index (χ0n) is 10.1. The van der Waals surface area contributed by atoms with Gasteiger partial charge in [-0.1, -0.05) is 34.1 Å². The largest absolute Gasteiger partial charge is 0.252 e. The van der Waals surface area contributed by atoms with Gasteiger partial charge in [-0.15, -0.1) is 0 Å². The fourth-order valence-corrected chi connectivity index (χ4v) is 3.88. The SMILES string of the molecule is Brc1cccc(-c2ccc3c(n2)C2CCC3C2)c1. The van der Waals surface area contributed by atoms with Crippen LogP contribution >= 0.6 is 15.9 Å². The molecular weight excluding hydrogens is 286 g/mol. The first-order valence-electron chi connectivity index (χ1n) is 6.58. The van der Waals surface area contributed by atoms with E-state index in [0.717, 1.165) is 22.0 Å². The van der Waals surface area contributed by atoms with Gasteiger partial charge in [-0.3, -0.25) is 4.98 Å². The molecule has 90 valence electrons. The van der Waals surface area contributed by atoms with Crippen molar-refractivity contribution in [1.82, 2.24) is 4.98 Å². The van der Waals surface area contributed by atoms with Crippen molar-refractivity contribution in [2.24, 2.45) is 0 Å². The molecule has 4 rings (SSSR count). The number of aromatic nitrogens is 1. The molecule has 2 atom stereocenters. The molecule has 0 N–H and O–H groups in total. The van der Waals surface area contributed by atoms with Gasteiger partial charge in [-0.2, -0.15) is 0 Å². The minimum absolute atomic E-state index is 0.733. The zero-order chi connectivity index (χ0) is 12.1. The molecule has 2 bridgehead atoms. The molecule has 1 fully saturated rings. The Morgan fingerprint density at radius 1 is 1.06 bits per heavy atom. The maximum atomic E-state index is 4.93. The van der Waals surface area contributed by atoms with Crippen molar-refractivity contribution in [3.63, 3.8) is 0 Å². The maximum Gasteiger partial charge on any atom is 0.0706 e. The Kier molecular flexibility index (Phi) is 2.34. The van der Waals surface area contributed by atoms with Crippen LogP contribution in [0.15, 0.2) is 40.9 Å². The molecular formula is C16H14BrN. The monoisotopic (exact) mass is 299 g/mol. The van der Waals surface area contributed by atoms with Crippen molar-refractivity contribution >= 4 is 15.9 Å². The summed E-state index contributed by atoms with van der Waals surface area (Å²) in [6.07, 6.45) is 4.05. The summed E-state index contributed by atoms with van der Waals surface area (Å²) in [5.74, 6) is 1.53. The fraction of sp³-hybridized carbons (Fsp3) is 0.312. The van der Waals surface area contributed by atoms with Crippen LogP contribution in [0.25, 0.3) is 11.3 Å². The van der Waals surface area contributed by atoms with Gasteiger partial charge < -0.3 is 0 Å². The molecule has 1 heterocycles. The molecule has 2 heteroatoms. The number of nitrogens with zero attached hydrogens (tertiary/aromatic N) is 1. The average molecular weight is 300 g/mol. The summed E-state index contributed by atoms with van der Waals surface area (Å²) in [4.78, 5) is 4.93. The third-order valence-electron chi connectivity index (χ3n) is 4.34. The standard InChI is InChI=1S/C16H14BrN/c17-13-3-1-2-11(9-13)15-7-6-14-10-4-5-12(8-10)16(14)18-15/h1-3,6-7,9-10,12H,4-5,8H2. The Hall–Kier alpha value is -1.15. The van der Waals surface area contributed by atoms with Crippen LogP contribution in [0, 0.1) is 0 Å². The van der Waals surface area contributed by atoms with Gasteiger partial charge in [0.1, 0.15) is 0 Å². The Morgan fingerprint density at radius 3 is 2.83 bits per heavy atom. The summed E-state index contributed by atoms with van der Waals surface area (Å²) in [6, 6.07) is 12.9. The van der Waals surface area contributed by atoms with Crippen molar-refractivity contribution in [3.05, 3.63) is 52.1 Å². The number of pyridine rings is 1. The Morgan fingerprint density at radius 2 is 1.94 bits per heavy atom. The minimum Gasteiger partial charge on any atom is -0.252 e. The predicted molar refractivity (Wildman–Crippen MR) is 76.7 cm³/mol. The number of halogens is 1. The normalized spacial score (nSPS) is 24.3. The lowest BCUT2D eigenvalue weighted by molar-refractivity contribution is 0.698. The van der Waals surface area contributed by atoms with Crippen LogP contribution in [-0.2, 0) is 0 Å². The summed E-state index contributed by atoms with van der Waals surface area (Å²) >= 11 is 3.53. The van der Waals surface area contributed by atoms with E-state index in [1.165, 1.54) is 36.1 Å². The van der Waals surface area contributed by atoms with Gasteiger partial charge in [0.25, 0.3) is 0 Å². The Labute approximate surface area is 115 Å². The van der Waals surface area contributed by atoms with E-state index >= 15 is 0 Å². The van der Waals surface area contributed by atoms with Crippen LogP contribution in [-0.4, -0.2) is 4.98 Å². The van der Waals surface area contributed by atoms with E-state index < -0.39 is 0 Å². The van der Waals surface area contributed by atoms with Gasteiger partial charge in [-0.05, 0) is 48.9 Å². The second-order valence-electron chi connectivity index (χ2n) is 5.39. The molecule has 1 aromatic carbocycles. The predicted octanol–water partition coefficient (Wildman–Crippen LogP) is 4.88. The molecule has 1 saturated carbocycles. The van der Waals surface area contributed by atoms with Gasteiger partial charge in [0, 0.05) is 21.6 Å². The summed E-state index contributed by atoms with van der Waals surface area (Å²) < 4.78 is 1.11.